The molecule has 0 aliphatic heterocycles. The number of nitrogens with one attached hydrogen (secondary N) is 1. The molecule has 1 aromatic carbocycles. The van der Waals surface area contributed by atoms with E-state index in [1.165, 1.54) is 18.5 Å². The minimum absolute atomic E-state index is 0.125. The zero-order valence-electron chi connectivity index (χ0n) is 11.4. The summed E-state index contributed by atoms with van der Waals surface area (Å²) in [4.78, 5) is 27.2. The summed E-state index contributed by atoms with van der Waals surface area (Å²) in [5, 5.41) is 12.2. The number of esters is 1. The lowest BCUT2D eigenvalue weighted by molar-refractivity contribution is 0.0526. The van der Waals surface area contributed by atoms with Crippen molar-refractivity contribution in [2.75, 3.05) is 11.9 Å². The van der Waals surface area contributed by atoms with Crippen molar-refractivity contribution in [2.45, 2.75) is 6.92 Å². The molecule has 1 aromatic heterocycles. The van der Waals surface area contributed by atoms with Gasteiger partial charge >= 0.3 is 5.97 Å². The van der Waals surface area contributed by atoms with Gasteiger partial charge in [0, 0.05) is 11.9 Å². The number of rotatable bonds is 4. The molecular formula is C15H14N2O4. The summed E-state index contributed by atoms with van der Waals surface area (Å²) in [5.74, 6) is -1.07. The average Bonchev–Trinajstić information content (AvgIpc) is 2.48. The van der Waals surface area contributed by atoms with Gasteiger partial charge < -0.3 is 15.2 Å². The molecule has 2 N–H and O–H groups in total. The van der Waals surface area contributed by atoms with E-state index >= 15 is 0 Å². The fraction of sp³-hybridized carbons (Fsp3) is 0.133. The zero-order chi connectivity index (χ0) is 15.2. The van der Waals surface area contributed by atoms with Gasteiger partial charge in [-0.3, -0.25) is 9.78 Å². The van der Waals surface area contributed by atoms with Gasteiger partial charge in [-0.1, -0.05) is 0 Å². The van der Waals surface area contributed by atoms with E-state index in [4.69, 9.17) is 4.74 Å². The Morgan fingerprint density at radius 3 is 2.57 bits per heavy atom. The van der Waals surface area contributed by atoms with E-state index in [0.29, 0.717) is 17.9 Å². The van der Waals surface area contributed by atoms with Crippen LogP contribution in [0.5, 0.6) is 5.75 Å². The second-order valence-corrected chi connectivity index (χ2v) is 4.14. The molecule has 0 saturated carbocycles. The third-order valence-electron chi connectivity index (χ3n) is 2.70. The first kappa shape index (κ1) is 14.5. The van der Waals surface area contributed by atoms with E-state index in [2.05, 4.69) is 10.3 Å². The van der Waals surface area contributed by atoms with Crippen LogP contribution < -0.4 is 5.32 Å². The van der Waals surface area contributed by atoms with Crippen LogP contribution in [0.25, 0.3) is 0 Å². The molecule has 21 heavy (non-hydrogen) atoms. The number of aromatic nitrogens is 1. The lowest BCUT2D eigenvalue weighted by Gasteiger charge is -2.07. The summed E-state index contributed by atoms with van der Waals surface area (Å²) in [5.41, 5.74) is 1.03. The number of pyridine rings is 1. The van der Waals surface area contributed by atoms with Crippen LogP contribution in [0.1, 0.15) is 27.6 Å². The Morgan fingerprint density at radius 1 is 1.24 bits per heavy atom. The van der Waals surface area contributed by atoms with Gasteiger partial charge in [-0.15, -0.1) is 0 Å². The van der Waals surface area contributed by atoms with E-state index in [1.807, 2.05) is 0 Å². The molecule has 108 valence electrons. The molecule has 0 saturated heterocycles. The molecule has 0 spiro atoms. The molecule has 0 unspecified atom stereocenters. The topological polar surface area (TPSA) is 88.5 Å². The number of carbonyl (C=O) groups excluding carboxylic acids is 2. The maximum absolute atomic E-state index is 12.0. The lowest BCUT2D eigenvalue weighted by atomic mass is 10.2. The van der Waals surface area contributed by atoms with Crippen LogP contribution in [-0.4, -0.2) is 28.6 Å². The van der Waals surface area contributed by atoms with Gasteiger partial charge in [0.25, 0.3) is 5.91 Å². The Morgan fingerprint density at radius 2 is 1.95 bits per heavy atom. The lowest BCUT2D eigenvalue weighted by Crippen LogP contribution is -2.12. The SMILES string of the molecule is CCOC(=O)c1ccc(NC(=O)c2ccncc2O)cc1. The number of anilines is 1. The van der Waals surface area contributed by atoms with Gasteiger partial charge in [-0.05, 0) is 37.3 Å². The van der Waals surface area contributed by atoms with Crippen molar-refractivity contribution < 1.29 is 19.4 Å². The molecule has 0 bridgehead atoms. The highest BCUT2D eigenvalue weighted by molar-refractivity contribution is 6.06. The van der Waals surface area contributed by atoms with Crippen LogP contribution in [0.3, 0.4) is 0 Å². The Bertz CT molecular complexity index is 653. The molecule has 1 amide bonds. The zero-order valence-corrected chi connectivity index (χ0v) is 11.4. The maximum atomic E-state index is 12.0. The largest absolute Gasteiger partial charge is 0.505 e. The van der Waals surface area contributed by atoms with E-state index in [1.54, 1.807) is 31.2 Å². The predicted octanol–water partition coefficient (Wildman–Crippen LogP) is 2.22. The minimum Gasteiger partial charge on any atom is -0.505 e. The molecule has 0 aliphatic carbocycles. The highest BCUT2D eigenvalue weighted by atomic mass is 16.5. The number of carbonyl (C=O) groups is 2. The minimum atomic E-state index is -0.459. The third-order valence-corrected chi connectivity index (χ3v) is 2.70. The van der Waals surface area contributed by atoms with E-state index in [-0.39, 0.29) is 11.3 Å². The Hall–Kier alpha value is -2.89. The number of amides is 1. The summed E-state index contributed by atoms with van der Waals surface area (Å²) in [7, 11) is 0. The Kier molecular flexibility index (Phi) is 4.50. The molecule has 6 heteroatoms. The van der Waals surface area contributed by atoms with Crippen LogP contribution in [0.4, 0.5) is 5.69 Å². The molecule has 6 nitrogen and oxygen atoms in total. The first-order valence-electron chi connectivity index (χ1n) is 6.33. The fourth-order valence-electron chi connectivity index (χ4n) is 1.68. The highest BCUT2D eigenvalue weighted by Crippen LogP contribution is 2.17. The molecule has 2 aromatic rings. The van der Waals surface area contributed by atoms with Crippen molar-refractivity contribution in [2.24, 2.45) is 0 Å². The first-order valence-corrected chi connectivity index (χ1v) is 6.33. The number of hydrogen-bond donors (Lipinski definition) is 2. The van der Waals surface area contributed by atoms with E-state index in [0.717, 1.165) is 0 Å². The summed E-state index contributed by atoms with van der Waals surface area (Å²) in [6.07, 6.45) is 2.61. The van der Waals surface area contributed by atoms with Crippen LogP contribution in [0, 0.1) is 0 Å². The molecule has 0 radical (unpaired) electrons. The summed E-state index contributed by atoms with van der Waals surface area (Å²) in [6.45, 7) is 2.03. The van der Waals surface area contributed by atoms with E-state index in [9.17, 15) is 14.7 Å². The number of ether oxygens (including phenoxy) is 1. The number of aromatic hydroxyl groups is 1. The van der Waals surface area contributed by atoms with Gasteiger partial charge in [0.05, 0.1) is 23.9 Å². The fourth-order valence-corrected chi connectivity index (χ4v) is 1.68. The van der Waals surface area contributed by atoms with Crippen LogP contribution in [0.2, 0.25) is 0 Å². The molecule has 0 fully saturated rings. The quantitative estimate of drug-likeness (QED) is 0.841. The van der Waals surface area contributed by atoms with Crippen LogP contribution in [-0.2, 0) is 4.74 Å². The van der Waals surface area contributed by atoms with Gasteiger partial charge in [0.15, 0.2) is 0 Å². The Balaban J connectivity index is 2.09. The second-order valence-electron chi connectivity index (χ2n) is 4.14. The van der Waals surface area contributed by atoms with Crippen molar-refractivity contribution >= 4 is 17.6 Å². The number of benzene rings is 1. The highest BCUT2D eigenvalue weighted by Gasteiger charge is 2.11. The first-order chi connectivity index (χ1) is 10.1. The monoisotopic (exact) mass is 286 g/mol. The van der Waals surface area contributed by atoms with Gasteiger partial charge in [0.2, 0.25) is 0 Å². The van der Waals surface area contributed by atoms with Crippen molar-refractivity contribution in [1.29, 1.82) is 0 Å². The molecule has 1 heterocycles. The summed E-state index contributed by atoms with van der Waals surface area (Å²) in [6, 6.07) is 7.70. The van der Waals surface area contributed by atoms with Gasteiger partial charge in [-0.2, -0.15) is 0 Å². The predicted molar refractivity (Wildman–Crippen MR) is 76.3 cm³/mol. The second kappa shape index (κ2) is 6.51. The van der Waals surface area contributed by atoms with E-state index < -0.39 is 11.9 Å². The Labute approximate surface area is 121 Å². The summed E-state index contributed by atoms with van der Waals surface area (Å²) >= 11 is 0. The van der Waals surface area contributed by atoms with Gasteiger partial charge in [-0.25, -0.2) is 4.79 Å². The number of hydrogen-bond acceptors (Lipinski definition) is 5. The van der Waals surface area contributed by atoms with Gasteiger partial charge in [0.1, 0.15) is 5.75 Å². The molecule has 2 rings (SSSR count). The van der Waals surface area contributed by atoms with Crippen LogP contribution >= 0.6 is 0 Å². The summed E-state index contributed by atoms with van der Waals surface area (Å²) < 4.78 is 4.87. The molecular weight excluding hydrogens is 272 g/mol. The molecule has 0 atom stereocenters. The standard InChI is InChI=1S/C15H14N2O4/c1-2-21-15(20)10-3-5-11(6-4-10)17-14(19)12-7-8-16-9-13(12)18/h3-9,18H,2H2,1H3,(H,17,19). The number of nitrogens with zero attached hydrogens (tertiary/aromatic N) is 1. The smallest absolute Gasteiger partial charge is 0.338 e. The normalized spacial score (nSPS) is 9.95. The average molecular weight is 286 g/mol. The van der Waals surface area contributed by atoms with Crippen molar-refractivity contribution in [1.82, 2.24) is 4.98 Å². The van der Waals surface area contributed by atoms with Crippen LogP contribution in [0.15, 0.2) is 42.7 Å². The molecule has 0 aliphatic rings. The van der Waals surface area contributed by atoms with Crippen molar-refractivity contribution in [3.05, 3.63) is 53.9 Å². The maximum Gasteiger partial charge on any atom is 0.338 e. The third kappa shape index (κ3) is 3.56. The van der Waals surface area contributed by atoms with Crippen molar-refractivity contribution in [3.63, 3.8) is 0 Å². The van der Waals surface area contributed by atoms with Crippen molar-refractivity contribution in [3.8, 4) is 5.75 Å².